The van der Waals surface area contributed by atoms with Gasteiger partial charge in [0.2, 0.25) is 0 Å². The van der Waals surface area contributed by atoms with Crippen molar-refractivity contribution in [3.63, 3.8) is 0 Å². The number of hydrogen-bond acceptors (Lipinski definition) is 3. The summed E-state index contributed by atoms with van der Waals surface area (Å²) in [6.45, 7) is 11.9. The molecular weight excluding hydrogens is 188 g/mol. The fourth-order valence-electron chi connectivity index (χ4n) is 2.15. The van der Waals surface area contributed by atoms with Crippen LogP contribution in [0.25, 0.3) is 0 Å². The highest BCUT2D eigenvalue weighted by Crippen LogP contribution is 2.50. The van der Waals surface area contributed by atoms with Gasteiger partial charge in [0, 0.05) is 19.6 Å². The van der Waals surface area contributed by atoms with E-state index in [0.717, 1.165) is 38.7 Å². The fourth-order valence-corrected chi connectivity index (χ4v) is 2.15. The van der Waals surface area contributed by atoms with Crippen molar-refractivity contribution in [3.8, 4) is 0 Å². The first-order valence-corrected chi connectivity index (χ1v) is 6.07. The molecule has 0 spiro atoms. The van der Waals surface area contributed by atoms with Crippen molar-refractivity contribution in [2.75, 3.05) is 32.8 Å². The third-order valence-electron chi connectivity index (χ3n) is 3.84. The first-order valence-electron chi connectivity index (χ1n) is 6.07. The second-order valence-electron chi connectivity index (χ2n) is 6.00. The van der Waals surface area contributed by atoms with Gasteiger partial charge in [-0.15, -0.1) is 0 Å². The Bertz CT molecular complexity index is 224. The van der Waals surface area contributed by atoms with Gasteiger partial charge in [-0.2, -0.15) is 0 Å². The topological polar surface area (TPSA) is 33.3 Å². The van der Waals surface area contributed by atoms with Gasteiger partial charge in [-0.3, -0.25) is 0 Å². The molecule has 0 amide bonds. The molecule has 0 bridgehead atoms. The Morgan fingerprint density at radius 1 is 1.33 bits per heavy atom. The summed E-state index contributed by atoms with van der Waals surface area (Å²) in [7, 11) is 0. The van der Waals surface area contributed by atoms with Gasteiger partial charge in [0.05, 0.1) is 12.2 Å². The summed E-state index contributed by atoms with van der Waals surface area (Å²) in [5.41, 5.74) is 0.707. The summed E-state index contributed by atoms with van der Waals surface area (Å²) in [6.07, 6.45) is 1.38. The van der Waals surface area contributed by atoms with E-state index < -0.39 is 0 Å². The third kappa shape index (κ3) is 2.92. The molecule has 2 rings (SSSR count). The van der Waals surface area contributed by atoms with E-state index in [1.807, 2.05) is 0 Å². The number of hydrogen-bond donors (Lipinski definition) is 2. The maximum absolute atomic E-state index is 5.79. The predicted molar refractivity (Wildman–Crippen MR) is 62.0 cm³/mol. The van der Waals surface area contributed by atoms with Gasteiger partial charge in [0.15, 0.2) is 0 Å². The highest BCUT2D eigenvalue weighted by molar-refractivity contribution is 4.96. The van der Waals surface area contributed by atoms with E-state index in [-0.39, 0.29) is 5.60 Å². The lowest BCUT2D eigenvalue weighted by atomic mass is 10.0. The van der Waals surface area contributed by atoms with Crippen molar-refractivity contribution in [2.24, 2.45) is 11.3 Å². The lowest BCUT2D eigenvalue weighted by molar-refractivity contribution is -0.0648. The van der Waals surface area contributed by atoms with Crippen LogP contribution in [0.15, 0.2) is 0 Å². The Hall–Kier alpha value is -0.120. The molecule has 2 N–H and O–H groups in total. The monoisotopic (exact) mass is 212 g/mol. The van der Waals surface area contributed by atoms with Crippen LogP contribution in [0.4, 0.5) is 0 Å². The molecule has 1 aliphatic carbocycles. The fraction of sp³-hybridized carbons (Fsp3) is 1.00. The van der Waals surface area contributed by atoms with Crippen molar-refractivity contribution in [2.45, 2.75) is 32.8 Å². The zero-order valence-electron chi connectivity index (χ0n) is 10.2. The van der Waals surface area contributed by atoms with Gasteiger partial charge in [-0.25, -0.2) is 0 Å². The number of rotatable bonds is 6. The Labute approximate surface area is 93.0 Å². The smallest absolute Gasteiger partial charge is 0.0902 e. The Morgan fingerprint density at radius 3 is 2.47 bits per heavy atom. The molecule has 2 fully saturated rings. The molecule has 15 heavy (non-hydrogen) atoms. The van der Waals surface area contributed by atoms with Crippen LogP contribution in [0, 0.1) is 11.3 Å². The number of ether oxygens (including phenoxy) is 1. The van der Waals surface area contributed by atoms with E-state index in [1.54, 1.807) is 0 Å². The summed E-state index contributed by atoms with van der Waals surface area (Å²) in [4.78, 5) is 0. The summed E-state index contributed by atoms with van der Waals surface area (Å²) in [5.74, 6) is 0.887. The molecule has 0 aromatic carbocycles. The average Bonchev–Trinajstić information content (AvgIpc) is 2.71. The van der Waals surface area contributed by atoms with Crippen LogP contribution in [0.2, 0.25) is 0 Å². The molecule has 0 radical (unpaired) electrons. The van der Waals surface area contributed by atoms with E-state index in [9.17, 15) is 0 Å². The van der Waals surface area contributed by atoms with Crippen LogP contribution in [-0.4, -0.2) is 38.4 Å². The third-order valence-corrected chi connectivity index (χ3v) is 3.84. The minimum absolute atomic E-state index is 0.112. The summed E-state index contributed by atoms with van der Waals surface area (Å²) in [6, 6.07) is 0. The standard InChI is InChI=1S/C12H24N2O/c1-11(2)6-10(11)7-13-4-5-15-12(3)8-14-9-12/h10,13-14H,4-9H2,1-3H3. The molecule has 1 unspecified atom stereocenters. The first kappa shape index (κ1) is 11.4. The van der Waals surface area contributed by atoms with Gasteiger partial charge in [-0.1, -0.05) is 13.8 Å². The Balaban J connectivity index is 1.46. The molecule has 0 aromatic rings. The minimum atomic E-state index is 0.112. The molecule has 1 saturated heterocycles. The molecule has 3 nitrogen and oxygen atoms in total. The van der Waals surface area contributed by atoms with E-state index >= 15 is 0 Å². The maximum Gasteiger partial charge on any atom is 0.0902 e. The van der Waals surface area contributed by atoms with Gasteiger partial charge in [0.1, 0.15) is 0 Å². The summed E-state index contributed by atoms with van der Waals surface area (Å²) < 4.78 is 5.79. The zero-order chi connectivity index (χ0) is 10.9. The van der Waals surface area contributed by atoms with Crippen molar-refractivity contribution in [1.82, 2.24) is 10.6 Å². The number of nitrogens with one attached hydrogen (secondary N) is 2. The van der Waals surface area contributed by atoms with Gasteiger partial charge >= 0.3 is 0 Å². The van der Waals surface area contributed by atoms with Gasteiger partial charge in [0.25, 0.3) is 0 Å². The van der Waals surface area contributed by atoms with Crippen LogP contribution >= 0.6 is 0 Å². The molecule has 1 atom stereocenters. The molecule has 0 aromatic heterocycles. The predicted octanol–water partition coefficient (Wildman–Crippen LogP) is 1.00. The quantitative estimate of drug-likeness (QED) is 0.645. The second-order valence-corrected chi connectivity index (χ2v) is 6.00. The molecular formula is C12H24N2O. The Morgan fingerprint density at radius 2 is 2.00 bits per heavy atom. The maximum atomic E-state index is 5.79. The van der Waals surface area contributed by atoms with Crippen LogP contribution in [0.1, 0.15) is 27.2 Å². The molecule has 3 heteroatoms. The highest BCUT2D eigenvalue weighted by Gasteiger charge is 2.44. The molecule has 1 heterocycles. The van der Waals surface area contributed by atoms with Gasteiger partial charge < -0.3 is 15.4 Å². The second kappa shape index (κ2) is 4.04. The van der Waals surface area contributed by atoms with E-state index in [4.69, 9.17) is 4.74 Å². The molecule has 1 aliphatic heterocycles. The van der Waals surface area contributed by atoms with Crippen LogP contribution in [0.3, 0.4) is 0 Å². The molecule has 2 aliphatic rings. The highest BCUT2D eigenvalue weighted by atomic mass is 16.5. The van der Waals surface area contributed by atoms with Crippen molar-refractivity contribution in [3.05, 3.63) is 0 Å². The Kier molecular flexibility index (Phi) is 3.06. The zero-order valence-corrected chi connectivity index (χ0v) is 10.2. The van der Waals surface area contributed by atoms with Crippen LogP contribution < -0.4 is 10.6 Å². The van der Waals surface area contributed by atoms with Crippen LogP contribution in [-0.2, 0) is 4.74 Å². The van der Waals surface area contributed by atoms with Gasteiger partial charge in [-0.05, 0) is 31.2 Å². The average molecular weight is 212 g/mol. The lowest BCUT2D eigenvalue weighted by Gasteiger charge is -2.39. The van der Waals surface area contributed by atoms with Crippen molar-refractivity contribution >= 4 is 0 Å². The van der Waals surface area contributed by atoms with Crippen LogP contribution in [0.5, 0.6) is 0 Å². The van der Waals surface area contributed by atoms with Crippen molar-refractivity contribution in [1.29, 1.82) is 0 Å². The largest absolute Gasteiger partial charge is 0.371 e. The first-order chi connectivity index (χ1) is 7.02. The molecule has 1 saturated carbocycles. The lowest BCUT2D eigenvalue weighted by Crippen LogP contribution is -2.59. The normalized spacial score (nSPS) is 31.0. The molecule has 88 valence electrons. The summed E-state index contributed by atoms with van der Waals surface area (Å²) >= 11 is 0. The van der Waals surface area contributed by atoms with E-state index in [0.29, 0.717) is 5.41 Å². The van der Waals surface area contributed by atoms with E-state index in [2.05, 4.69) is 31.4 Å². The SMILES string of the molecule is CC1(OCCNCC2CC2(C)C)CNC1. The van der Waals surface area contributed by atoms with Crippen molar-refractivity contribution < 1.29 is 4.74 Å². The summed E-state index contributed by atoms with van der Waals surface area (Å²) in [5, 5.41) is 6.71. The minimum Gasteiger partial charge on any atom is -0.371 e. The van der Waals surface area contributed by atoms with E-state index in [1.165, 1.54) is 6.42 Å².